The van der Waals surface area contributed by atoms with Crippen LogP contribution in [0.1, 0.15) is 35.0 Å². The minimum Gasteiger partial charge on any atom is -0.479 e. The van der Waals surface area contributed by atoms with E-state index >= 15 is 0 Å². The zero-order valence-corrected chi connectivity index (χ0v) is 12.8. The predicted octanol–water partition coefficient (Wildman–Crippen LogP) is 1.85. The first-order valence-corrected chi connectivity index (χ1v) is 7.02. The van der Waals surface area contributed by atoms with Crippen LogP contribution in [0, 0.1) is 6.92 Å². The molecule has 0 aliphatic rings. The van der Waals surface area contributed by atoms with E-state index in [9.17, 15) is 14.7 Å². The SMILES string of the molecule is CCC(NC(=O)c1cn(C)nc1C)(C(=O)O)c1ccccc1. The van der Waals surface area contributed by atoms with Crippen molar-refractivity contribution in [2.24, 2.45) is 7.05 Å². The van der Waals surface area contributed by atoms with Gasteiger partial charge in [0.25, 0.3) is 5.91 Å². The number of aryl methyl sites for hydroxylation is 2. The third-order valence-corrected chi connectivity index (χ3v) is 3.75. The van der Waals surface area contributed by atoms with E-state index in [1.54, 1.807) is 57.4 Å². The summed E-state index contributed by atoms with van der Waals surface area (Å²) in [4.78, 5) is 24.4. The van der Waals surface area contributed by atoms with Crippen molar-refractivity contribution < 1.29 is 14.7 Å². The molecule has 0 radical (unpaired) electrons. The van der Waals surface area contributed by atoms with Crippen LogP contribution in [-0.2, 0) is 17.4 Å². The number of carbonyl (C=O) groups excluding carboxylic acids is 1. The fourth-order valence-corrected chi connectivity index (χ4v) is 2.50. The van der Waals surface area contributed by atoms with E-state index in [2.05, 4.69) is 10.4 Å². The molecular weight excluding hydrogens is 282 g/mol. The Bertz CT molecular complexity index is 694. The molecule has 2 rings (SSSR count). The van der Waals surface area contributed by atoms with Gasteiger partial charge in [-0.15, -0.1) is 0 Å². The molecule has 6 heteroatoms. The molecule has 1 heterocycles. The predicted molar refractivity (Wildman–Crippen MR) is 81.5 cm³/mol. The number of aliphatic carboxylic acids is 1. The molecule has 0 bridgehead atoms. The Labute approximate surface area is 128 Å². The van der Waals surface area contributed by atoms with Crippen LogP contribution in [0.5, 0.6) is 0 Å². The molecule has 0 aliphatic heterocycles. The number of carboxylic acids is 1. The highest BCUT2D eigenvalue weighted by Gasteiger charge is 2.40. The van der Waals surface area contributed by atoms with Gasteiger partial charge in [-0.3, -0.25) is 9.48 Å². The van der Waals surface area contributed by atoms with E-state index in [1.165, 1.54) is 4.68 Å². The van der Waals surface area contributed by atoms with Gasteiger partial charge in [0.15, 0.2) is 5.54 Å². The molecule has 1 unspecified atom stereocenters. The smallest absolute Gasteiger partial charge is 0.334 e. The van der Waals surface area contributed by atoms with E-state index in [4.69, 9.17) is 0 Å². The van der Waals surface area contributed by atoms with Crippen molar-refractivity contribution >= 4 is 11.9 Å². The Balaban J connectivity index is 2.42. The van der Waals surface area contributed by atoms with Gasteiger partial charge in [0.2, 0.25) is 0 Å². The lowest BCUT2D eigenvalue weighted by Crippen LogP contribution is -2.51. The Morgan fingerprint density at radius 2 is 1.95 bits per heavy atom. The summed E-state index contributed by atoms with van der Waals surface area (Å²) < 4.78 is 1.53. The number of hydrogen-bond donors (Lipinski definition) is 2. The maximum atomic E-state index is 12.5. The number of nitrogens with one attached hydrogen (secondary N) is 1. The number of carbonyl (C=O) groups is 2. The summed E-state index contributed by atoms with van der Waals surface area (Å²) in [5.41, 5.74) is 0.0153. The monoisotopic (exact) mass is 301 g/mol. The molecule has 0 saturated carbocycles. The lowest BCUT2D eigenvalue weighted by atomic mass is 9.87. The van der Waals surface area contributed by atoms with Crippen molar-refractivity contribution in [2.45, 2.75) is 25.8 Å². The van der Waals surface area contributed by atoms with Crippen LogP contribution in [0.25, 0.3) is 0 Å². The molecule has 22 heavy (non-hydrogen) atoms. The molecule has 0 aliphatic carbocycles. The zero-order chi connectivity index (χ0) is 16.3. The highest BCUT2D eigenvalue weighted by molar-refractivity contribution is 5.98. The third kappa shape index (κ3) is 2.72. The lowest BCUT2D eigenvalue weighted by molar-refractivity contribution is -0.145. The van der Waals surface area contributed by atoms with E-state index in [0.29, 0.717) is 16.8 Å². The Morgan fingerprint density at radius 1 is 1.32 bits per heavy atom. The number of rotatable bonds is 5. The van der Waals surface area contributed by atoms with Gasteiger partial charge in [0.1, 0.15) is 0 Å². The molecule has 2 N–H and O–H groups in total. The van der Waals surface area contributed by atoms with Gasteiger partial charge in [-0.05, 0) is 18.9 Å². The fourth-order valence-electron chi connectivity index (χ4n) is 2.50. The molecule has 1 aromatic carbocycles. The minimum atomic E-state index is -1.46. The first-order valence-electron chi connectivity index (χ1n) is 7.02. The van der Waals surface area contributed by atoms with Gasteiger partial charge in [-0.2, -0.15) is 5.10 Å². The molecular formula is C16H19N3O3. The van der Waals surface area contributed by atoms with Gasteiger partial charge >= 0.3 is 5.97 Å². The Hall–Kier alpha value is -2.63. The van der Waals surface area contributed by atoms with Gasteiger partial charge in [0.05, 0.1) is 11.3 Å². The molecule has 0 spiro atoms. The zero-order valence-electron chi connectivity index (χ0n) is 12.8. The number of aromatic nitrogens is 2. The summed E-state index contributed by atoms with van der Waals surface area (Å²) in [7, 11) is 1.71. The summed E-state index contributed by atoms with van der Waals surface area (Å²) in [6.45, 7) is 3.45. The van der Waals surface area contributed by atoms with Gasteiger partial charge in [0, 0.05) is 13.2 Å². The van der Waals surface area contributed by atoms with Crippen LogP contribution in [-0.4, -0.2) is 26.8 Å². The average molecular weight is 301 g/mol. The van der Waals surface area contributed by atoms with Crippen molar-refractivity contribution in [2.75, 3.05) is 0 Å². The molecule has 1 atom stereocenters. The summed E-state index contributed by atoms with van der Waals surface area (Å²) in [5, 5.41) is 16.5. The summed E-state index contributed by atoms with van der Waals surface area (Å²) in [6.07, 6.45) is 1.81. The number of carboxylic acid groups (broad SMARTS) is 1. The number of amides is 1. The van der Waals surface area contributed by atoms with Crippen LogP contribution < -0.4 is 5.32 Å². The first kappa shape index (κ1) is 15.8. The largest absolute Gasteiger partial charge is 0.479 e. The Kier molecular flexibility index (Phi) is 4.30. The van der Waals surface area contributed by atoms with Crippen molar-refractivity contribution in [3.05, 3.63) is 53.3 Å². The van der Waals surface area contributed by atoms with E-state index in [0.717, 1.165) is 0 Å². The first-order chi connectivity index (χ1) is 10.4. The van der Waals surface area contributed by atoms with E-state index in [-0.39, 0.29) is 6.42 Å². The molecule has 0 fully saturated rings. The molecule has 0 saturated heterocycles. The van der Waals surface area contributed by atoms with E-state index in [1.807, 2.05) is 0 Å². The normalized spacial score (nSPS) is 13.4. The van der Waals surface area contributed by atoms with Crippen molar-refractivity contribution in [1.29, 1.82) is 0 Å². The van der Waals surface area contributed by atoms with Crippen molar-refractivity contribution in [3.63, 3.8) is 0 Å². The number of benzene rings is 1. The Morgan fingerprint density at radius 3 is 2.41 bits per heavy atom. The second-order valence-electron chi connectivity index (χ2n) is 5.19. The number of hydrogen-bond acceptors (Lipinski definition) is 3. The maximum absolute atomic E-state index is 12.5. The van der Waals surface area contributed by atoms with Crippen LogP contribution >= 0.6 is 0 Å². The highest BCUT2D eigenvalue weighted by atomic mass is 16.4. The lowest BCUT2D eigenvalue weighted by Gasteiger charge is -2.29. The topological polar surface area (TPSA) is 84.2 Å². The van der Waals surface area contributed by atoms with Crippen LogP contribution in [0.3, 0.4) is 0 Å². The third-order valence-electron chi connectivity index (χ3n) is 3.75. The summed E-state index contributed by atoms with van der Waals surface area (Å²) in [6, 6.07) is 8.72. The standard InChI is InChI=1S/C16H19N3O3/c1-4-16(15(21)22,12-8-6-5-7-9-12)17-14(20)13-10-19(3)18-11(13)2/h5-10H,4H2,1-3H3,(H,17,20)(H,21,22). The minimum absolute atomic E-state index is 0.234. The fraction of sp³-hybridized carbons (Fsp3) is 0.312. The van der Waals surface area contributed by atoms with E-state index < -0.39 is 17.4 Å². The quantitative estimate of drug-likeness (QED) is 0.882. The number of nitrogens with zero attached hydrogens (tertiary/aromatic N) is 2. The highest BCUT2D eigenvalue weighted by Crippen LogP contribution is 2.26. The molecule has 1 aromatic heterocycles. The average Bonchev–Trinajstić information content (AvgIpc) is 2.84. The summed E-state index contributed by atoms with van der Waals surface area (Å²) in [5.74, 6) is -1.53. The van der Waals surface area contributed by atoms with Crippen LogP contribution in [0.2, 0.25) is 0 Å². The van der Waals surface area contributed by atoms with Gasteiger partial charge in [-0.25, -0.2) is 4.79 Å². The van der Waals surface area contributed by atoms with Crippen LogP contribution in [0.15, 0.2) is 36.5 Å². The van der Waals surface area contributed by atoms with Crippen molar-refractivity contribution in [3.8, 4) is 0 Å². The van der Waals surface area contributed by atoms with Gasteiger partial charge < -0.3 is 10.4 Å². The maximum Gasteiger partial charge on any atom is 0.334 e. The summed E-state index contributed by atoms with van der Waals surface area (Å²) >= 11 is 0. The van der Waals surface area contributed by atoms with Crippen molar-refractivity contribution in [1.82, 2.24) is 15.1 Å². The van der Waals surface area contributed by atoms with Crippen LogP contribution in [0.4, 0.5) is 0 Å². The molecule has 1 amide bonds. The molecule has 6 nitrogen and oxygen atoms in total. The molecule has 2 aromatic rings. The second kappa shape index (κ2) is 6.01. The van der Waals surface area contributed by atoms with Gasteiger partial charge in [-0.1, -0.05) is 37.3 Å². The second-order valence-corrected chi connectivity index (χ2v) is 5.19. The molecule has 116 valence electrons.